The molecule has 3 aromatic heterocycles. The molecule has 1 aliphatic heterocycles. The number of rotatable bonds is 4. The van der Waals surface area contributed by atoms with E-state index in [1.807, 2.05) is 12.3 Å². The monoisotopic (exact) mass is 321 g/mol. The van der Waals surface area contributed by atoms with Crippen molar-refractivity contribution >= 4 is 5.82 Å². The summed E-state index contributed by atoms with van der Waals surface area (Å²) in [5.74, 6) is 2.32. The van der Waals surface area contributed by atoms with Crippen LogP contribution in [0.4, 0.5) is 5.82 Å². The van der Waals surface area contributed by atoms with Gasteiger partial charge in [-0.15, -0.1) is 0 Å². The molecule has 1 atom stereocenters. The summed E-state index contributed by atoms with van der Waals surface area (Å²) in [4.78, 5) is 27.1. The van der Waals surface area contributed by atoms with Gasteiger partial charge in [0.05, 0.1) is 11.9 Å². The van der Waals surface area contributed by atoms with E-state index in [2.05, 4.69) is 29.8 Å². The Balaban J connectivity index is 1.46. The summed E-state index contributed by atoms with van der Waals surface area (Å²) < 4.78 is 0. The molecule has 7 nitrogen and oxygen atoms in total. The van der Waals surface area contributed by atoms with E-state index in [-0.39, 0.29) is 0 Å². The molecule has 0 amide bonds. The van der Waals surface area contributed by atoms with Crippen molar-refractivity contribution in [3.05, 3.63) is 49.1 Å². The van der Waals surface area contributed by atoms with E-state index in [1.165, 1.54) is 12.8 Å². The molecule has 4 rings (SSSR count). The Morgan fingerprint density at radius 1 is 1.17 bits per heavy atom. The van der Waals surface area contributed by atoms with Crippen LogP contribution in [-0.4, -0.2) is 43.0 Å². The Hall–Kier alpha value is -2.83. The number of hydrogen-bond donors (Lipinski definition) is 1. The molecule has 1 fully saturated rings. The summed E-state index contributed by atoms with van der Waals surface area (Å²) in [6.45, 7) is 2.04. The van der Waals surface area contributed by atoms with E-state index in [4.69, 9.17) is 4.98 Å². The molecule has 24 heavy (non-hydrogen) atoms. The Morgan fingerprint density at radius 2 is 2.17 bits per heavy atom. The molecule has 1 unspecified atom stereocenters. The van der Waals surface area contributed by atoms with E-state index in [0.29, 0.717) is 5.92 Å². The second kappa shape index (κ2) is 6.74. The van der Waals surface area contributed by atoms with Crippen molar-refractivity contribution in [2.75, 3.05) is 18.0 Å². The fraction of sp³-hybridized carbons (Fsp3) is 0.353. The van der Waals surface area contributed by atoms with Crippen molar-refractivity contribution in [2.45, 2.75) is 19.3 Å². The maximum Gasteiger partial charge on any atom is 0.157 e. The van der Waals surface area contributed by atoms with Crippen LogP contribution < -0.4 is 4.90 Å². The van der Waals surface area contributed by atoms with E-state index in [9.17, 15) is 0 Å². The van der Waals surface area contributed by atoms with E-state index >= 15 is 0 Å². The quantitative estimate of drug-likeness (QED) is 0.792. The molecule has 0 saturated carbocycles. The lowest BCUT2D eigenvalue weighted by atomic mass is 9.93. The van der Waals surface area contributed by atoms with Crippen LogP contribution in [0.15, 0.2) is 43.4 Å². The first-order chi connectivity index (χ1) is 11.9. The van der Waals surface area contributed by atoms with Crippen LogP contribution in [0.5, 0.6) is 0 Å². The Morgan fingerprint density at radius 3 is 3.00 bits per heavy atom. The molecule has 0 aliphatic carbocycles. The second-order valence-corrected chi connectivity index (χ2v) is 6.06. The first-order valence-electron chi connectivity index (χ1n) is 8.20. The van der Waals surface area contributed by atoms with Crippen LogP contribution in [0.25, 0.3) is 11.5 Å². The van der Waals surface area contributed by atoms with Crippen LogP contribution in [0, 0.1) is 5.92 Å². The summed E-state index contributed by atoms with van der Waals surface area (Å²) in [6.07, 6.45) is 13.8. The fourth-order valence-corrected chi connectivity index (χ4v) is 3.23. The van der Waals surface area contributed by atoms with Gasteiger partial charge in [0.15, 0.2) is 5.82 Å². The van der Waals surface area contributed by atoms with Gasteiger partial charge in [-0.2, -0.15) is 0 Å². The summed E-state index contributed by atoms with van der Waals surface area (Å²) in [6, 6.07) is 1.97. The van der Waals surface area contributed by atoms with Gasteiger partial charge in [0.1, 0.15) is 17.8 Å². The summed E-state index contributed by atoms with van der Waals surface area (Å²) >= 11 is 0. The van der Waals surface area contributed by atoms with Gasteiger partial charge in [0, 0.05) is 37.9 Å². The van der Waals surface area contributed by atoms with E-state index in [1.54, 1.807) is 31.1 Å². The molecule has 0 bridgehead atoms. The third kappa shape index (κ3) is 3.24. The third-order valence-electron chi connectivity index (χ3n) is 4.33. The van der Waals surface area contributed by atoms with Crippen LogP contribution in [0.1, 0.15) is 18.5 Å². The number of nitrogens with one attached hydrogen (secondary N) is 1. The van der Waals surface area contributed by atoms with Gasteiger partial charge in [-0.05, 0) is 31.2 Å². The highest BCUT2D eigenvalue weighted by atomic mass is 15.2. The van der Waals surface area contributed by atoms with Gasteiger partial charge in [0.2, 0.25) is 0 Å². The first kappa shape index (κ1) is 14.7. The van der Waals surface area contributed by atoms with Crippen LogP contribution in [-0.2, 0) is 6.42 Å². The normalized spacial score (nSPS) is 17.8. The molecule has 4 heterocycles. The SMILES string of the molecule is c1cc(N2CCCC(Cc3cncc(-c4ncc[nH]4)n3)C2)ncn1. The van der Waals surface area contributed by atoms with Crippen molar-refractivity contribution in [3.63, 3.8) is 0 Å². The van der Waals surface area contributed by atoms with Crippen molar-refractivity contribution < 1.29 is 0 Å². The number of H-pyrrole nitrogens is 1. The largest absolute Gasteiger partial charge is 0.356 e. The topological polar surface area (TPSA) is 83.5 Å². The number of anilines is 1. The fourth-order valence-electron chi connectivity index (χ4n) is 3.23. The van der Waals surface area contributed by atoms with Crippen LogP contribution in [0.3, 0.4) is 0 Å². The maximum atomic E-state index is 4.71. The van der Waals surface area contributed by atoms with Crippen molar-refractivity contribution in [3.8, 4) is 11.5 Å². The smallest absolute Gasteiger partial charge is 0.157 e. The standard InChI is InChI=1S/C17H19N7/c1-2-13(11-24(7-1)16-3-4-18-12-22-16)8-14-9-19-10-15(23-14)17-20-5-6-21-17/h3-6,9-10,12-13H,1-2,7-8,11H2,(H,20,21). The molecular weight excluding hydrogens is 302 g/mol. The third-order valence-corrected chi connectivity index (χ3v) is 4.33. The van der Waals surface area contributed by atoms with Crippen molar-refractivity contribution in [2.24, 2.45) is 5.92 Å². The molecule has 1 saturated heterocycles. The van der Waals surface area contributed by atoms with Crippen molar-refractivity contribution in [1.82, 2.24) is 29.9 Å². The molecule has 0 radical (unpaired) electrons. The van der Waals surface area contributed by atoms with Gasteiger partial charge in [-0.25, -0.2) is 19.9 Å². The highest BCUT2D eigenvalue weighted by molar-refractivity contribution is 5.46. The lowest BCUT2D eigenvalue weighted by Gasteiger charge is -2.33. The highest BCUT2D eigenvalue weighted by Crippen LogP contribution is 2.24. The molecule has 0 aromatic carbocycles. The molecule has 3 aromatic rings. The molecule has 1 aliphatic rings. The van der Waals surface area contributed by atoms with Gasteiger partial charge in [0.25, 0.3) is 0 Å². The van der Waals surface area contributed by atoms with Gasteiger partial charge in [-0.3, -0.25) is 4.98 Å². The number of hydrogen-bond acceptors (Lipinski definition) is 6. The number of aromatic nitrogens is 6. The Kier molecular flexibility index (Phi) is 4.14. The van der Waals surface area contributed by atoms with Gasteiger partial charge < -0.3 is 9.88 Å². The van der Waals surface area contributed by atoms with E-state index < -0.39 is 0 Å². The molecule has 1 N–H and O–H groups in total. The lowest BCUT2D eigenvalue weighted by Crippen LogP contribution is -2.36. The summed E-state index contributed by atoms with van der Waals surface area (Å²) in [5.41, 5.74) is 1.81. The maximum absolute atomic E-state index is 4.71. The Bertz CT molecular complexity index is 773. The predicted molar refractivity (Wildman–Crippen MR) is 90.3 cm³/mol. The van der Waals surface area contributed by atoms with Crippen molar-refractivity contribution in [1.29, 1.82) is 0 Å². The molecule has 7 heteroatoms. The summed E-state index contributed by atoms with van der Waals surface area (Å²) in [5, 5.41) is 0. The predicted octanol–water partition coefficient (Wildman–Crippen LogP) is 2.12. The minimum absolute atomic E-state index is 0.551. The minimum atomic E-state index is 0.551. The van der Waals surface area contributed by atoms with E-state index in [0.717, 1.165) is 42.5 Å². The van der Waals surface area contributed by atoms with Gasteiger partial charge in [-0.1, -0.05) is 0 Å². The average molecular weight is 321 g/mol. The number of aromatic amines is 1. The lowest BCUT2D eigenvalue weighted by molar-refractivity contribution is 0.408. The first-order valence-corrected chi connectivity index (χ1v) is 8.20. The number of nitrogens with zero attached hydrogens (tertiary/aromatic N) is 6. The zero-order chi connectivity index (χ0) is 16.2. The molecule has 122 valence electrons. The van der Waals surface area contributed by atoms with Gasteiger partial charge >= 0.3 is 0 Å². The highest BCUT2D eigenvalue weighted by Gasteiger charge is 2.22. The van der Waals surface area contributed by atoms with Crippen LogP contribution >= 0.6 is 0 Å². The minimum Gasteiger partial charge on any atom is -0.356 e. The average Bonchev–Trinajstić information content (AvgIpc) is 3.18. The number of piperidine rings is 1. The zero-order valence-electron chi connectivity index (χ0n) is 13.3. The molecular formula is C17H19N7. The Labute approximate surface area is 140 Å². The number of imidazole rings is 1. The zero-order valence-corrected chi connectivity index (χ0v) is 13.3. The van der Waals surface area contributed by atoms with Crippen LogP contribution in [0.2, 0.25) is 0 Å². The summed E-state index contributed by atoms with van der Waals surface area (Å²) in [7, 11) is 0. The second-order valence-electron chi connectivity index (χ2n) is 6.06. The molecule has 0 spiro atoms.